The molecule has 1 aliphatic heterocycles. The summed E-state index contributed by atoms with van der Waals surface area (Å²) in [4.78, 5) is 2.84. The fourth-order valence-corrected chi connectivity index (χ4v) is 4.25. The van der Waals surface area contributed by atoms with E-state index in [1.54, 1.807) is 0 Å². The Labute approximate surface area is 119 Å². The molecule has 2 heteroatoms. The summed E-state index contributed by atoms with van der Waals surface area (Å²) < 4.78 is 0. The van der Waals surface area contributed by atoms with E-state index in [0.29, 0.717) is 5.54 Å². The van der Waals surface area contributed by atoms with E-state index in [9.17, 15) is 0 Å². The minimum absolute atomic E-state index is 0.490. The van der Waals surface area contributed by atoms with Gasteiger partial charge in [0.2, 0.25) is 0 Å². The zero-order valence-electron chi connectivity index (χ0n) is 12.8. The van der Waals surface area contributed by atoms with Crippen molar-refractivity contribution in [3.05, 3.63) is 0 Å². The Morgan fingerprint density at radius 3 is 2.63 bits per heavy atom. The van der Waals surface area contributed by atoms with Crippen LogP contribution in [0.3, 0.4) is 0 Å². The SMILES string of the molecule is CCC1CNC2(CCCCC2)CN1CCCC1CC1. The number of hydrogen-bond donors (Lipinski definition) is 1. The lowest BCUT2D eigenvalue weighted by atomic mass is 9.79. The van der Waals surface area contributed by atoms with Crippen molar-refractivity contribution < 1.29 is 0 Å². The molecule has 3 aliphatic rings. The summed E-state index contributed by atoms with van der Waals surface area (Å²) in [5, 5.41) is 3.94. The number of nitrogens with one attached hydrogen (secondary N) is 1. The van der Waals surface area contributed by atoms with Gasteiger partial charge in [-0.05, 0) is 44.6 Å². The molecule has 0 aromatic heterocycles. The van der Waals surface area contributed by atoms with Gasteiger partial charge in [-0.2, -0.15) is 0 Å². The van der Waals surface area contributed by atoms with Crippen molar-refractivity contribution in [2.75, 3.05) is 19.6 Å². The molecule has 3 rings (SSSR count). The molecule has 3 fully saturated rings. The monoisotopic (exact) mass is 264 g/mol. The lowest BCUT2D eigenvalue weighted by Gasteiger charge is -2.49. The number of piperazine rings is 1. The van der Waals surface area contributed by atoms with Crippen LogP contribution in [0.15, 0.2) is 0 Å². The third-order valence-corrected chi connectivity index (χ3v) is 5.77. The summed E-state index contributed by atoms with van der Waals surface area (Å²) >= 11 is 0. The van der Waals surface area contributed by atoms with E-state index >= 15 is 0 Å². The predicted molar refractivity (Wildman–Crippen MR) is 81.4 cm³/mol. The Kier molecular flexibility index (Phi) is 4.48. The van der Waals surface area contributed by atoms with Crippen LogP contribution in [0.5, 0.6) is 0 Å². The van der Waals surface area contributed by atoms with Gasteiger partial charge >= 0.3 is 0 Å². The van der Waals surface area contributed by atoms with Gasteiger partial charge in [-0.1, -0.05) is 39.0 Å². The maximum absolute atomic E-state index is 3.94. The van der Waals surface area contributed by atoms with E-state index in [2.05, 4.69) is 17.1 Å². The maximum Gasteiger partial charge on any atom is 0.0309 e. The normalized spacial score (nSPS) is 31.7. The molecule has 2 nitrogen and oxygen atoms in total. The third kappa shape index (κ3) is 3.52. The van der Waals surface area contributed by atoms with E-state index in [-0.39, 0.29) is 0 Å². The minimum atomic E-state index is 0.490. The Balaban J connectivity index is 1.53. The molecule has 2 saturated carbocycles. The van der Waals surface area contributed by atoms with Crippen molar-refractivity contribution in [2.45, 2.75) is 82.7 Å². The molecule has 1 spiro atoms. The largest absolute Gasteiger partial charge is 0.308 e. The van der Waals surface area contributed by atoms with E-state index in [4.69, 9.17) is 0 Å². The fraction of sp³-hybridized carbons (Fsp3) is 1.00. The van der Waals surface area contributed by atoms with Gasteiger partial charge in [0.05, 0.1) is 0 Å². The molecule has 1 heterocycles. The molecular weight excluding hydrogens is 232 g/mol. The van der Waals surface area contributed by atoms with Crippen molar-refractivity contribution in [1.29, 1.82) is 0 Å². The van der Waals surface area contributed by atoms with Crippen LogP contribution in [-0.4, -0.2) is 36.1 Å². The van der Waals surface area contributed by atoms with Crippen LogP contribution in [0, 0.1) is 5.92 Å². The standard InChI is InChI=1S/C17H32N2/c1-2-16-13-18-17(10-4-3-5-11-17)14-19(16)12-6-7-15-8-9-15/h15-16,18H,2-14H2,1H3. The Morgan fingerprint density at radius 2 is 1.95 bits per heavy atom. The van der Waals surface area contributed by atoms with Gasteiger partial charge < -0.3 is 5.32 Å². The number of rotatable bonds is 5. The molecule has 110 valence electrons. The van der Waals surface area contributed by atoms with E-state index in [0.717, 1.165) is 12.0 Å². The van der Waals surface area contributed by atoms with E-state index < -0.39 is 0 Å². The summed E-state index contributed by atoms with van der Waals surface area (Å²) in [7, 11) is 0. The summed E-state index contributed by atoms with van der Waals surface area (Å²) in [6.45, 7) is 6.29. The number of nitrogens with zero attached hydrogens (tertiary/aromatic N) is 1. The third-order valence-electron chi connectivity index (χ3n) is 5.77. The Morgan fingerprint density at radius 1 is 1.16 bits per heavy atom. The number of hydrogen-bond acceptors (Lipinski definition) is 2. The van der Waals surface area contributed by atoms with Crippen LogP contribution in [0.2, 0.25) is 0 Å². The van der Waals surface area contributed by atoms with Crippen molar-refractivity contribution in [3.8, 4) is 0 Å². The van der Waals surface area contributed by atoms with Crippen molar-refractivity contribution >= 4 is 0 Å². The second-order valence-electron chi connectivity index (χ2n) is 7.34. The van der Waals surface area contributed by atoms with Crippen molar-refractivity contribution in [1.82, 2.24) is 10.2 Å². The summed E-state index contributed by atoms with van der Waals surface area (Å²) in [5.41, 5.74) is 0.490. The molecule has 0 aromatic carbocycles. The van der Waals surface area contributed by atoms with Gasteiger partial charge in [0.1, 0.15) is 0 Å². The minimum Gasteiger partial charge on any atom is -0.308 e. The summed E-state index contributed by atoms with van der Waals surface area (Å²) in [5.74, 6) is 1.10. The van der Waals surface area contributed by atoms with Crippen LogP contribution >= 0.6 is 0 Å². The maximum atomic E-state index is 3.94. The van der Waals surface area contributed by atoms with Crippen LogP contribution < -0.4 is 5.32 Å². The second-order valence-corrected chi connectivity index (χ2v) is 7.34. The van der Waals surface area contributed by atoms with Gasteiger partial charge in [0, 0.05) is 24.7 Å². The first-order chi connectivity index (χ1) is 9.31. The van der Waals surface area contributed by atoms with Crippen LogP contribution in [0.4, 0.5) is 0 Å². The first-order valence-electron chi connectivity index (χ1n) is 8.80. The molecule has 1 unspecified atom stereocenters. The van der Waals surface area contributed by atoms with Gasteiger partial charge in [-0.25, -0.2) is 0 Å². The summed E-state index contributed by atoms with van der Waals surface area (Å²) in [6.07, 6.45) is 14.5. The van der Waals surface area contributed by atoms with Crippen LogP contribution in [-0.2, 0) is 0 Å². The highest BCUT2D eigenvalue weighted by Gasteiger charge is 2.39. The molecule has 1 atom stereocenters. The molecule has 0 bridgehead atoms. The van der Waals surface area contributed by atoms with Gasteiger partial charge in [0.25, 0.3) is 0 Å². The highest BCUT2D eigenvalue weighted by Crippen LogP contribution is 2.35. The highest BCUT2D eigenvalue weighted by molar-refractivity contribution is 4.99. The molecule has 2 aliphatic carbocycles. The zero-order valence-corrected chi connectivity index (χ0v) is 12.8. The van der Waals surface area contributed by atoms with Gasteiger partial charge in [-0.15, -0.1) is 0 Å². The van der Waals surface area contributed by atoms with Crippen LogP contribution in [0.25, 0.3) is 0 Å². The molecule has 1 saturated heterocycles. The average molecular weight is 264 g/mol. The first-order valence-corrected chi connectivity index (χ1v) is 8.80. The fourth-order valence-electron chi connectivity index (χ4n) is 4.25. The lowest BCUT2D eigenvalue weighted by molar-refractivity contribution is 0.0526. The van der Waals surface area contributed by atoms with E-state index in [1.165, 1.54) is 83.8 Å². The first kappa shape index (κ1) is 13.9. The predicted octanol–water partition coefficient (Wildman–Crippen LogP) is 3.56. The topological polar surface area (TPSA) is 15.3 Å². The molecule has 0 amide bonds. The Hall–Kier alpha value is -0.0800. The second kappa shape index (κ2) is 6.13. The highest BCUT2D eigenvalue weighted by atomic mass is 15.3. The van der Waals surface area contributed by atoms with Crippen molar-refractivity contribution in [2.24, 2.45) is 5.92 Å². The quantitative estimate of drug-likeness (QED) is 0.817. The average Bonchev–Trinajstić information content (AvgIpc) is 3.24. The van der Waals surface area contributed by atoms with Gasteiger partial charge in [0.15, 0.2) is 0 Å². The van der Waals surface area contributed by atoms with Gasteiger partial charge in [-0.3, -0.25) is 4.90 Å². The smallest absolute Gasteiger partial charge is 0.0309 e. The summed E-state index contributed by atoms with van der Waals surface area (Å²) in [6, 6.07) is 0.798. The van der Waals surface area contributed by atoms with E-state index in [1.807, 2.05) is 0 Å². The molecule has 0 radical (unpaired) electrons. The molecule has 0 aromatic rings. The molecular formula is C17H32N2. The van der Waals surface area contributed by atoms with Crippen molar-refractivity contribution in [3.63, 3.8) is 0 Å². The lowest BCUT2D eigenvalue weighted by Crippen LogP contribution is -2.64. The Bertz CT molecular complexity index is 279. The van der Waals surface area contributed by atoms with Crippen LogP contribution in [0.1, 0.15) is 71.1 Å². The molecule has 19 heavy (non-hydrogen) atoms. The molecule has 1 N–H and O–H groups in total. The zero-order chi connectivity index (χ0) is 13.1.